The van der Waals surface area contributed by atoms with Gasteiger partial charge in [0, 0.05) is 15.3 Å². The number of hydrogen-bond donors (Lipinski definition) is 2. The Labute approximate surface area is 120 Å². The van der Waals surface area contributed by atoms with Gasteiger partial charge < -0.3 is 4.74 Å². The molecule has 3 N–H and O–H groups in total. The van der Waals surface area contributed by atoms with Crippen LogP contribution in [0, 0.1) is 5.82 Å². The highest BCUT2D eigenvalue weighted by atomic mass is 35.5. The van der Waals surface area contributed by atoms with Crippen LogP contribution < -0.4 is 16.0 Å². The van der Waals surface area contributed by atoms with Gasteiger partial charge in [0.1, 0.15) is 11.6 Å². The molecule has 0 fully saturated rings. The molecule has 2 rings (SSSR count). The topological polar surface area (TPSA) is 47.3 Å². The van der Waals surface area contributed by atoms with Crippen LogP contribution in [0.15, 0.2) is 29.6 Å². The fourth-order valence-corrected chi connectivity index (χ4v) is 2.90. The summed E-state index contributed by atoms with van der Waals surface area (Å²) in [5.74, 6) is 6.04. The van der Waals surface area contributed by atoms with Gasteiger partial charge in [-0.05, 0) is 36.2 Å². The molecule has 1 atom stereocenters. The molecule has 0 aliphatic heterocycles. The van der Waals surface area contributed by atoms with Gasteiger partial charge in [-0.3, -0.25) is 11.3 Å². The number of thiophene rings is 1. The molecule has 0 amide bonds. The summed E-state index contributed by atoms with van der Waals surface area (Å²) >= 11 is 7.39. The first-order valence-corrected chi connectivity index (χ1v) is 6.92. The molecule has 1 aromatic heterocycles. The Morgan fingerprint density at radius 2 is 2.26 bits per heavy atom. The molecule has 19 heavy (non-hydrogen) atoms. The Hall–Kier alpha value is -1.14. The Bertz CT molecular complexity index is 561. The Balaban J connectivity index is 2.21. The molecule has 2 aromatic rings. The van der Waals surface area contributed by atoms with E-state index in [1.807, 2.05) is 11.4 Å². The van der Waals surface area contributed by atoms with Gasteiger partial charge in [0.15, 0.2) is 0 Å². The summed E-state index contributed by atoms with van der Waals surface area (Å²) in [6.07, 6.45) is 0.423. The second kappa shape index (κ2) is 6.34. The third-order valence-corrected chi connectivity index (χ3v) is 4.07. The number of benzene rings is 1. The summed E-state index contributed by atoms with van der Waals surface area (Å²) in [6, 6.07) is 6.21. The minimum atomic E-state index is -0.284. The van der Waals surface area contributed by atoms with Crippen LogP contribution in [0.3, 0.4) is 0 Å². The molecular weight excluding hydrogens is 287 g/mol. The maximum atomic E-state index is 13.7. The van der Waals surface area contributed by atoms with Crippen molar-refractivity contribution in [3.63, 3.8) is 0 Å². The number of nitrogens with one attached hydrogen (secondary N) is 1. The summed E-state index contributed by atoms with van der Waals surface area (Å²) in [5.41, 5.74) is 3.23. The van der Waals surface area contributed by atoms with Crippen LogP contribution in [0.25, 0.3) is 0 Å². The van der Waals surface area contributed by atoms with Crippen molar-refractivity contribution in [2.24, 2.45) is 5.84 Å². The zero-order chi connectivity index (χ0) is 13.8. The van der Waals surface area contributed by atoms with Crippen molar-refractivity contribution >= 4 is 22.9 Å². The first-order chi connectivity index (χ1) is 9.13. The SMILES string of the molecule is COc1csc(C(Cc2cc(Cl)ccc2F)NN)c1. The average molecular weight is 301 g/mol. The number of nitrogens with two attached hydrogens (primary N) is 1. The van der Waals surface area contributed by atoms with E-state index in [9.17, 15) is 4.39 Å². The van der Waals surface area contributed by atoms with Gasteiger partial charge in [-0.1, -0.05) is 11.6 Å². The van der Waals surface area contributed by atoms with E-state index in [4.69, 9.17) is 22.2 Å². The lowest BCUT2D eigenvalue weighted by Gasteiger charge is -2.14. The van der Waals surface area contributed by atoms with Gasteiger partial charge in [0.25, 0.3) is 0 Å². The van der Waals surface area contributed by atoms with Crippen molar-refractivity contribution in [2.45, 2.75) is 12.5 Å². The van der Waals surface area contributed by atoms with Crippen molar-refractivity contribution in [2.75, 3.05) is 7.11 Å². The van der Waals surface area contributed by atoms with E-state index in [2.05, 4.69) is 5.43 Å². The molecule has 1 heterocycles. The maximum Gasteiger partial charge on any atom is 0.129 e. The predicted octanol–water partition coefficient (Wildman–Crippen LogP) is 3.30. The van der Waals surface area contributed by atoms with Gasteiger partial charge in [-0.15, -0.1) is 11.3 Å². The largest absolute Gasteiger partial charge is 0.496 e. The summed E-state index contributed by atoms with van der Waals surface area (Å²) in [5, 5.41) is 2.39. The average Bonchev–Trinajstić information content (AvgIpc) is 2.88. The molecule has 0 radical (unpaired) electrons. The van der Waals surface area contributed by atoms with Crippen molar-refractivity contribution in [3.05, 3.63) is 50.9 Å². The number of rotatable bonds is 5. The molecule has 6 heteroatoms. The lowest BCUT2D eigenvalue weighted by Crippen LogP contribution is -2.29. The van der Waals surface area contributed by atoms with Crippen LogP contribution >= 0.6 is 22.9 Å². The van der Waals surface area contributed by atoms with E-state index < -0.39 is 0 Å². The molecule has 1 unspecified atom stereocenters. The minimum Gasteiger partial charge on any atom is -0.496 e. The molecule has 0 saturated carbocycles. The van der Waals surface area contributed by atoms with Crippen molar-refractivity contribution in [1.29, 1.82) is 0 Å². The molecule has 0 saturated heterocycles. The standard InChI is InChI=1S/C13H14ClFN2OS/c1-18-10-6-13(19-7-10)12(17-16)5-8-4-9(14)2-3-11(8)15/h2-4,6-7,12,17H,5,16H2,1H3. The lowest BCUT2D eigenvalue weighted by molar-refractivity contribution is 0.415. The molecular formula is C13H14ClFN2OS. The molecule has 0 bridgehead atoms. The molecule has 102 valence electrons. The van der Waals surface area contributed by atoms with E-state index in [0.29, 0.717) is 17.0 Å². The fourth-order valence-electron chi connectivity index (χ4n) is 1.79. The molecule has 0 aliphatic rings. The van der Waals surface area contributed by atoms with Gasteiger partial charge in [-0.25, -0.2) is 4.39 Å². The summed E-state index contributed by atoms with van der Waals surface area (Å²) in [7, 11) is 1.60. The quantitative estimate of drug-likeness (QED) is 0.658. The van der Waals surface area contributed by atoms with Gasteiger partial charge in [0.2, 0.25) is 0 Å². The van der Waals surface area contributed by atoms with E-state index >= 15 is 0 Å². The smallest absolute Gasteiger partial charge is 0.129 e. The molecule has 1 aromatic carbocycles. The maximum absolute atomic E-state index is 13.7. The summed E-state index contributed by atoms with van der Waals surface area (Å²) in [6.45, 7) is 0. The zero-order valence-electron chi connectivity index (χ0n) is 10.3. The fraction of sp³-hybridized carbons (Fsp3) is 0.231. The van der Waals surface area contributed by atoms with Crippen molar-refractivity contribution < 1.29 is 9.13 Å². The van der Waals surface area contributed by atoms with Crippen LogP contribution in [-0.2, 0) is 6.42 Å². The number of hydrazine groups is 1. The molecule has 0 aliphatic carbocycles. The van der Waals surface area contributed by atoms with Gasteiger partial charge >= 0.3 is 0 Å². The molecule has 3 nitrogen and oxygen atoms in total. The monoisotopic (exact) mass is 300 g/mol. The first-order valence-electron chi connectivity index (χ1n) is 5.66. The van der Waals surface area contributed by atoms with Gasteiger partial charge in [0.05, 0.1) is 13.2 Å². The summed E-state index contributed by atoms with van der Waals surface area (Å²) < 4.78 is 18.8. The number of methoxy groups -OCH3 is 1. The third-order valence-electron chi connectivity index (χ3n) is 2.81. The van der Waals surface area contributed by atoms with Crippen molar-refractivity contribution in [1.82, 2.24) is 5.43 Å². The first kappa shape index (κ1) is 14.3. The van der Waals surface area contributed by atoms with Crippen LogP contribution in [0.1, 0.15) is 16.5 Å². The second-order valence-electron chi connectivity index (χ2n) is 4.05. The van der Waals surface area contributed by atoms with Crippen LogP contribution in [0.2, 0.25) is 5.02 Å². The third kappa shape index (κ3) is 3.45. The van der Waals surface area contributed by atoms with Crippen molar-refractivity contribution in [3.8, 4) is 5.75 Å². The Kier molecular flexibility index (Phi) is 4.76. The van der Waals surface area contributed by atoms with E-state index in [0.717, 1.165) is 10.6 Å². The number of hydrogen-bond acceptors (Lipinski definition) is 4. The Morgan fingerprint density at radius 3 is 2.89 bits per heavy atom. The zero-order valence-corrected chi connectivity index (χ0v) is 11.9. The normalized spacial score (nSPS) is 12.4. The second-order valence-corrected chi connectivity index (χ2v) is 5.43. The number of ether oxygens (including phenoxy) is 1. The van der Waals surface area contributed by atoms with E-state index in [1.165, 1.54) is 23.5 Å². The van der Waals surface area contributed by atoms with E-state index in [1.54, 1.807) is 13.2 Å². The predicted molar refractivity (Wildman–Crippen MR) is 76.0 cm³/mol. The van der Waals surface area contributed by atoms with Crippen LogP contribution in [0.5, 0.6) is 5.75 Å². The number of halogens is 2. The highest BCUT2D eigenvalue weighted by Gasteiger charge is 2.16. The van der Waals surface area contributed by atoms with Crippen LogP contribution in [0.4, 0.5) is 4.39 Å². The minimum absolute atomic E-state index is 0.179. The highest BCUT2D eigenvalue weighted by Crippen LogP contribution is 2.29. The van der Waals surface area contributed by atoms with Crippen LogP contribution in [-0.4, -0.2) is 7.11 Å². The lowest BCUT2D eigenvalue weighted by atomic mass is 10.0. The molecule has 0 spiro atoms. The Morgan fingerprint density at radius 1 is 1.47 bits per heavy atom. The van der Waals surface area contributed by atoms with E-state index in [-0.39, 0.29) is 11.9 Å². The highest BCUT2D eigenvalue weighted by molar-refractivity contribution is 7.10. The summed E-state index contributed by atoms with van der Waals surface area (Å²) in [4.78, 5) is 0.985. The van der Waals surface area contributed by atoms with Gasteiger partial charge in [-0.2, -0.15) is 0 Å².